The Kier molecular flexibility index (Phi) is 2.41. The van der Waals surface area contributed by atoms with Crippen molar-refractivity contribution >= 4 is 16.7 Å². The highest BCUT2D eigenvalue weighted by Crippen LogP contribution is 2.28. The molecule has 0 unspecified atom stereocenters. The summed E-state index contributed by atoms with van der Waals surface area (Å²) in [5, 5.41) is 0. The number of anilines is 1. The molecule has 0 atom stereocenters. The van der Waals surface area contributed by atoms with Gasteiger partial charge in [-0.2, -0.15) is 0 Å². The second-order valence-electron chi connectivity index (χ2n) is 4.03. The number of rotatable bonds is 2. The molecule has 0 amide bonds. The fourth-order valence-electron chi connectivity index (χ4n) is 2.04. The minimum Gasteiger partial charge on any atom is -0.494 e. The SMILES string of the molecule is COc1cc(N)ccc1-n1cnc2ccccc21. The van der Waals surface area contributed by atoms with Gasteiger partial charge in [-0.25, -0.2) is 4.98 Å². The third-order valence-corrected chi connectivity index (χ3v) is 2.92. The predicted molar refractivity (Wildman–Crippen MR) is 72.0 cm³/mol. The Morgan fingerprint density at radius 2 is 2.00 bits per heavy atom. The molecular formula is C14H13N3O. The van der Waals surface area contributed by atoms with Crippen LogP contribution in [0.25, 0.3) is 16.7 Å². The van der Waals surface area contributed by atoms with Crippen LogP contribution in [-0.4, -0.2) is 16.7 Å². The maximum absolute atomic E-state index is 5.76. The summed E-state index contributed by atoms with van der Waals surface area (Å²) in [6, 6.07) is 13.6. The zero-order valence-electron chi connectivity index (χ0n) is 10.00. The third-order valence-electron chi connectivity index (χ3n) is 2.92. The van der Waals surface area contributed by atoms with Crippen molar-refractivity contribution in [3.63, 3.8) is 0 Å². The van der Waals surface area contributed by atoms with Gasteiger partial charge in [-0.3, -0.25) is 4.57 Å². The molecule has 0 aliphatic carbocycles. The van der Waals surface area contributed by atoms with Gasteiger partial charge in [-0.1, -0.05) is 12.1 Å². The number of imidazole rings is 1. The summed E-state index contributed by atoms with van der Waals surface area (Å²) >= 11 is 0. The summed E-state index contributed by atoms with van der Waals surface area (Å²) in [6.45, 7) is 0. The Balaban J connectivity index is 2.26. The van der Waals surface area contributed by atoms with Crippen LogP contribution in [-0.2, 0) is 0 Å². The van der Waals surface area contributed by atoms with Crippen molar-refractivity contribution in [2.75, 3.05) is 12.8 Å². The molecule has 90 valence electrons. The molecule has 1 aromatic heterocycles. The number of hydrogen-bond acceptors (Lipinski definition) is 3. The van der Waals surface area contributed by atoms with Crippen molar-refractivity contribution in [2.45, 2.75) is 0 Å². The summed E-state index contributed by atoms with van der Waals surface area (Å²) in [5.41, 5.74) is 9.37. The molecule has 0 aliphatic rings. The number of nitrogens with two attached hydrogens (primary N) is 1. The summed E-state index contributed by atoms with van der Waals surface area (Å²) in [5.74, 6) is 0.734. The van der Waals surface area contributed by atoms with E-state index in [0.29, 0.717) is 5.69 Å². The van der Waals surface area contributed by atoms with E-state index in [4.69, 9.17) is 10.5 Å². The standard InChI is InChI=1S/C14H13N3O/c1-18-14-8-10(15)6-7-13(14)17-9-16-11-4-2-3-5-12(11)17/h2-9H,15H2,1H3. The molecular weight excluding hydrogens is 226 g/mol. The van der Waals surface area contributed by atoms with Crippen molar-refractivity contribution in [3.05, 3.63) is 48.8 Å². The summed E-state index contributed by atoms with van der Waals surface area (Å²) < 4.78 is 7.36. The molecule has 0 aliphatic heterocycles. The van der Waals surface area contributed by atoms with Crippen molar-refractivity contribution in [2.24, 2.45) is 0 Å². The van der Waals surface area contributed by atoms with Crippen molar-refractivity contribution in [3.8, 4) is 11.4 Å². The number of benzene rings is 2. The quantitative estimate of drug-likeness (QED) is 0.699. The molecule has 2 N–H and O–H groups in total. The van der Waals surface area contributed by atoms with E-state index in [9.17, 15) is 0 Å². The molecule has 0 spiro atoms. The lowest BCUT2D eigenvalue weighted by molar-refractivity contribution is 0.413. The molecule has 2 aromatic carbocycles. The minimum atomic E-state index is 0.681. The minimum absolute atomic E-state index is 0.681. The zero-order chi connectivity index (χ0) is 12.5. The van der Waals surface area contributed by atoms with Crippen LogP contribution in [0.1, 0.15) is 0 Å². The van der Waals surface area contributed by atoms with Crippen LogP contribution in [0.4, 0.5) is 5.69 Å². The second kappa shape index (κ2) is 4.07. The predicted octanol–water partition coefficient (Wildman–Crippen LogP) is 2.62. The van der Waals surface area contributed by atoms with Crippen LogP contribution in [0, 0.1) is 0 Å². The molecule has 3 aromatic rings. The number of nitrogen functional groups attached to an aromatic ring is 1. The molecule has 0 bridgehead atoms. The first-order valence-corrected chi connectivity index (χ1v) is 5.65. The Morgan fingerprint density at radius 1 is 1.17 bits per heavy atom. The van der Waals surface area contributed by atoms with Gasteiger partial charge >= 0.3 is 0 Å². The third kappa shape index (κ3) is 1.59. The number of ether oxygens (including phenoxy) is 1. The van der Waals surface area contributed by atoms with E-state index in [2.05, 4.69) is 4.98 Å². The molecule has 0 saturated heterocycles. The molecule has 1 heterocycles. The molecule has 18 heavy (non-hydrogen) atoms. The van der Waals surface area contributed by atoms with Crippen molar-refractivity contribution < 1.29 is 4.74 Å². The molecule has 0 fully saturated rings. The lowest BCUT2D eigenvalue weighted by Gasteiger charge is -2.10. The van der Waals surface area contributed by atoms with Crippen LogP contribution in [0.15, 0.2) is 48.8 Å². The van der Waals surface area contributed by atoms with Gasteiger partial charge in [-0.05, 0) is 24.3 Å². The van der Waals surface area contributed by atoms with Crippen LogP contribution < -0.4 is 10.5 Å². The molecule has 4 heteroatoms. The zero-order valence-corrected chi connectivity index (χ0v) is 10.00. The van der Waals surface area contributed by atoms with Crippen molar-refractivity contribution in [1.29, 1.82) is 0 Å². The van der Waals surface area contributed by atoms with E-state index in [-0.39, 0.29) is 0 Å². The van der Waals surface area contributed by atoms with Crippen LogP contribution in [0.5, 0.6) is 5.75 Å². The van der Waals surface area contributed by atoms with Gasteiger partial charge in [0.05, 0.1) is 23.8 Å². The lowest BCUT2D eigenvalue weighted by Crippen LogP contribution is -1.98. The molecule has 4 nitrogen and oxygen atoms in total. The first kappa shape index (κ1) is 10.7. The largest absolute Gasteiger partial charge is 0.494 e. The van der Waals surface area contributed by atoms with E-state index < -0.39 is 0 Å². The van der Waals surface area contributed by atoms with E-state index in [0.717, 1.165) is 22.5 Å². The van der Waals surface area contributed by atoms with Gasteiger partial charge in [0.25, 0.3) is 0 Å². The first-order chi connectivity index (χ1) is 8.79. The smallest absolute Gasteiger partial charge is 0.144 e. The van der Waals surface area contributed by atoms with E-state index >= 15 is 0 Å². The maximum atomic E-state index is 5.76. The lowest BCUT2D eigenvalue weighted by atomic mass is 10.2. The van der Waals surface area contributed by atoms with Crippen LogP contribution >= 0.6 is 0 Å². The number of hydrogen-bond donors (Lipinski definition) is 1. The topological polar surface area (TPSA) is 53.1 Å². The molecule has 3 rings (SSSR count). The highest BCUT2D eigenvalue weighted by atomic mass is 16.5. The average molecular weight is 239 g/mol. The summed E-state index contributed by atoms with van der Waals surface area (Å²) in [4.78, 5) is 4.37. The van der Waals surface area contributed by atoms with E-state index in [1.807, 2.05) is 47.0 Å². The highest BCUT2D eigenvalue weighted by Gasteiger charge is 2.09. The van der Waals surface area contributed by atoms with Crippen LogP contribution in [0.3, 0.4) is 0 Å². The van der Waals surface area contributed by atoms with Gasteiger partial charge in [0, 0.05) is 11.8 Å². The van der Waals surface area contributed by atoms with E-state index in [1.165, 1.54) is 0 Å². The molecule has 0 saturated carbocycles. The normalized spacial score (nSPS) is 10.7. The number of nitrogens with zero attached hydrogens (tertiary/aromatic N) is 2. The summed E-state index contributed by atoms with van der Waals surface area (Å²) in [7, 11) is 1.64. The van der Waals surface area contributed by atoms with Gasteiger partial charge in [0.1, 0.15) is 12.1 Å². The monoisotopic (exact) mass is 239 g/mol. The fourth-order valence-corrected chi connectivity index (χ4v) is 2.04. The van der Waals surface area contributed by atoms with Gasteiger partial charge in [0.15, 0.2) is 0 Å². The first-order valence-electron chi connectivity index (χ1n) is 5.65. The number of fused-ring (bicyclic) bond motifs is 1. The van der Waals surface area contributed by atoms with Gasteiger partial charge in [0.2, 0.25) is 0 Å². The number of aromatic nitrogens is 2. The van der Waals surface area contributed by atoms with Gasteiger partial charge < -0.3 is 10.5 Å². The van der Waals surface area contributed by atoms with Crippen LogP contribution in [0.2, 0.25) is 0 Å². The Labute approximate surface area is 105 Å². The number of para-hydroxylation sites is 2. The maximum Gasteiger partial charge on any atom is 0.144 e. The van der Waals surface area contributed by atoms with Gasteiger partial charge in [-0.15, -0.1) is 0 Å². The Hall–Kier alpha value is -2.49. The van der Waals surface area contributed by atoms with Crippen molar-refractivity contribution in [1.82, 2.24) is 9.55 Å². The number of methoxy groups -OCH3 is 1. The molecule has 0 radical (unpaired) electrons. The highest BCUT2D eigenvalue weighted by molar-refractivity contribution is 5.78. The fraction of sp³-hybridized carbons (Fsp3) is 0.0714. The Morgan fingerprint density at radius 3 is 2.83 bits per heavy atom. The second-order valence-corrected chi connectivity index (χ2v) is 4.03. The average Bonchev–Trinajstić information content (AvgIpc) is 2.82. The summed E-state index contributed by atoms with van der Waals surface area (Å²) in [6.07, 6.45) is 1.79. The Bertz CT molecular complexity index is 703. The van der Waals surface area contributed by atoms with E-state index in [1.54, 1.807) is 13.4 Å².